The molecule has 1 saturated heterocycles. The summed E-state index contributed by atoms with van der Waals surface area (Å²) in [5, 5.41) is 3.42. The standard InChI is InChI=1S/C13H22N2O/c1-11(2)14-8-12-5-6-15(9-12)10-13-4-3-7-16-13/h5-6,9,11,13-14H,3-4,7-8,10H2,1-2H3. The fourth-order valence-corrected chi connectivity index (χ4v) is 2.05. The number of rotatable bonds is 5. The van der Waals surface area contributed by atoms with Crippen LogP contribution < -0.4 is 5.32 Å². The normalized spacial score (nSPS) is 20.8. The molecule has 0 bridgehead atoms. The molecule has 3 heteroatoms. The Hall–Kier alpha value is -0.800. The average Bonchev–Trinajstić information content (AvgIpc) is 2.87. The van der Waals surface area contributed by atoms with E-state index in [0.29, 0.717) is 12.1 Å². The maximum absolute atomic E-state index is 5.63. The van der Waals surface area contributed by atoms with Gasteiger partial charge in [-0.25, -0.2) is 0 Å². The third kappa shape index (κ3) is 3.35. The van der Waals surface area contributed by atoms with Crippen LogP contribution in [0, 0.1) is 0 Å². The van der Waals surface area contributed by atoms with Crippen LogP contribution in [0.2, 0.25) is 0 Å². The van der Waals surface area contributed by atoms with Gasteiger partial charge in [-0.1, -0.05) is 13.8 Å². The third-order valence-electron chi connectivity index (χ3n) is 2.96. The van der Waals surface area contributed by atoms with E-state index in [1.165, 1.54) is 18.4 Å². The summed E-state index contributed by atoms with van der Waals surface area (Å²) in [6.07, 6.45) is 7.22. The molecule has 1 aliphatic rings. The molecule has 0 aliphatic carbocycles. The van der Waals surface area contributed by atoms with Gasteiger partial charge in [0.05, 0.1) is 6.10 Å². The molecular formula is C13H22N2O. The molecule has 90 valence electrons. The fraction of sp³-hybridized carbons (Fsp3) is 0.692. The second-order valence-corrected chi connectivity index (χ2v) is 4.89. The van der Waals surface area contributed by atoms with Crippen molar-refractivity contribution in [3.05, 3.63) is 24.0 Å². The first-order chi connectivity index (χ1) is 7.74. The van der Waals surface area contributed by atoms with Crippen molar-refractivity contribution in [2.45, 2.75) is 51.9 Å². The van der Waals surface area contributed by atoms with Crippen LogP contribution in [0.15, 0.2) is 18.5 Å². The number of ether oxygens (including phenoxy) is 1. The van der Waals surface area contributed by atoms with Crippen molar-refractivity contribution >= 4 is 0 Å². The summed E-state index contributed by atoms with van der Waals surface area (Å²) in [5.41, 5.74) is 1.35. The Bertz CT molecular complexity index is 313. The second kappa shape index (κ2) is 5.51. The number of hydrogen-bond donors (Lipinski definition) is 1. The molecule has 0 saturated carbocycles. The van der Waals surface area contributed by atoms with Crippen LogP contribution in [0.5, 0.6) is 0 Å². The molecular weight excluding hydrogens is 200 g/mol. The van der Waals surface area contributed by atoms with Gasteiger partial charge in [0.2, 0.25) is 0 Å². The SMILES string of the molecule is CC(C)NCc1ccn(CC2CCCO2)c1. The van der Waals surface area contributed by atoms with E-state index in [4.69, 9.17) is 4.74 Å². The highest BCUT2D eigenvalue weighted by atomic mass is 16.5. The summed E-state index contributed by atoms with van der Waals surface area (Å²) in [6.45, 7) is 7.23. The molecule has 2 heterocycles. The lowest BCUT2D eigenvalue weighted by atomic mass is 10.2. The summed E-state index contributed by atoms with van der Waals surface area (Å²) in [5.74, 6) is 0. The first-order valence-electron chi connectivity index (χ1n) is 6.23. The zero-order valence-electron chi connectivity index (χ0n) is 10.3. The van der Waals surface area contributed by atoms with Crippen LogP contribution in [0.1, 0.15) is 32.3 Å². The van der Waals surface area contributed by atoms with Crippen molar-refractivity contribution in [2.75, 3.05) is 6.61 Å². The lowest BCUT2D eigenvalue weighted by Crippen LogP contribution is -2.21. The zero-order valence-corrected chi connectivity index (χ0v) is 10.3. The lowest BCUT2D eigenvalue weighted by molar-refractivity contribution is 0.0971. The molecule has 1 aliphatic heterocycles. The third-order valence-corrected chi connectivity index (χ3v) is 2.96. The minimum atomic E-state index is 0.429. The number of hydrogen-bond acceptors (Lipinski definition) is 2. The van der Waals surface area contributed by atoms with E-state index >= 15 is 0 Å². The van der Waals surface area contributed by atoms with Crippen LogP contribution in [0.3, 0.4) is 0 Å². The Labute approximate surface area is 97.8 Å². The van der Waals surface area contributed by atoms with E-state index in [2.05, 4.69) is 42.2 Å². The van der Waals surface area contributed by atoms with Crippen LogP contribution >= 0.6 is 0 Å². The smallest absolute Gasteiger partial charge is 0.0754 e. The Morgan fingerprint density at radius 1 is 1.56 bits per heavy atom. The quantitative estimate of drug-likeness (QED) is 0.826. The van der Waals surface area contributed by atoms with Gasteiger partial charge in [-0.05, 0) is 24.5 Å². The van der Waals surface area contributed by atoms with Crippen LogP contribution in [0.25, 0.3) is 0 Å². The summed E-state index contributed by atoms with van der Waals surface area (Å²) in [4.78, 5) is 0. The minimum Gasteiger partial charge on any atom is -0.376 e. The molecule has 3 nitrogen and oxygen atoms in total. The maximum atomic E-state index is 5.63. The topological polar surface area (TPSA) is 26.2 Å². The molecule has 0 aromatic carbocycles. The van der Waals surface area contributed by atoms with E-state index in [1.54, 1.807) is 0 Å². The van der Waals surface area contributed by atoms with E-state index in [1.807, 2.05) is 0 Å². The Morgan fingerprint density at radius 2 is 2.44 bits per heavy atom. The lowest BCUT2D eigenvalue weighted by Gasteiger charge is -2.10. The second-order valence-electron chi connectivity index (χ2n) is 4.89. The first-order valence-corrected chi connectivity index (χ1v) is 6.23. The molecule has 1 fully saturated rings. The molecule has 1 atom stereocenters. The number of nitrogens with one attached hydrogen (secondary N) is 1. The van der Waals surface area contributed by atoms with Crippen molar-refractivity contribution in [3.63, 3.8) is 0 Å². The van der Waals surface area contributed by atoms with Crippen LogP contribution in [0.4, 0.5) is 0 Å². The summed E-state index contributed by atoms with van der Waals surface area (Å²) in [6, 6.07) is 2.73. The summed E-state index contributed by atoms with van der Waals surface area (Å²) < 4.78 is 7.87. The Balaban J connectivity index is 1.81. The van der Waals surface area contributed by atoms with Gasteiger partial charge in [0, 0.05) is 38.1 Å². The van der Waals surface area contributed by atoms with Crippen molar-refractivity contribution < 1.29 is 4.74 Å². The van der Waals surface area contributed by atoms with E-state index in [0.717, 1.165) is 19.7 Å². The van der Waals surface area contributed by atoms with Gasteiger partial charge >= 0.3 is 0 Å². The van der Waals surface area contributed by atoms with Gasteiger partial charge in [0.25, 0.3) is 0 Å². The highest BCUT2D eigenvalue weighted by Crippen LogP contribution is 2.14. The zero-order chi connectivity index (χ0) is 11.4. The van der Waals surface area contributed by atoms with Crippen molar-refractivity contribution in [2.24, 2.45) is 0 Å². The largest absolute Gasteiger partial charge is 0.376 e. The summed E-state index contributed by atoms with van der Waals surface area (Å²) >= 11 is 0. The molecule has 2 rings (SSSR count). The average molecular weight is 222 g/mol. The fourth-order valence-electron chi connectivity index (χ4n) is 2.05. The van der Waals surface area contributed by atoms with Crippen molar-refractivity contribution in [1.82, 2.24) is 9.88 Å². The van der Waals surface area contributed by atoms with Gasteiger partial charge in [0.1, 0.15) is 0 Å². The first kappa shape index (κ1) is 11.7. The van der Waals surface area contributed by atoms with Gasteiger partial charge in [0.15, 0.2) is 0 Å². The van der Waals surface area contributed by atoms with Gasteiger partial charge in [-0.15, -0.1) is 0 Å². The number of nitrogens with zero attached hydrogens (tertiary/aromatic N) is 1. The Kier molecular flexibility index (Phi) is 4.02. The van der Waals surface area contributed by atoms with Gasteiger partial charge < -0.3 is 14.6 Å². The van der Waals surface area contributed by atoms with E-state index in [-0.39, 0.29) is 0 Å². The minimum absolute atomic E-state index is 0.429. The maximum Gasteiger partial charge on any atom is 0.0754 e. The summed E-state index contributed by atoms with van der Waals surface area (Å²) in [7, 11) is 0. The Morgan fingerprint density at radius 3 is 3.12 bits per heavy atom. The highest BCUT2D eigenvalue weighted by molar-refractivity contribution is 5.10. The molecule has 16 heavy (non-hydrogen) atoms. The molecule has 0 amide bonds. The monoisotopic (exact) mass is 222 g/mol. The van der Waals surface area contributed by atoms with Crippen molar-refractivity contribution in [3.8, 4) is 0 Å². The number of aromatic nitrogens is 1. The molecule has 1 unspecified atom stereocenters. The molecule has 1 aromatic rings. The van der Waals surface area contributed by atoms with E-state index < -0.39 is 0 Å². The van der Waals surface area contributed by atoms with Crippen LogP contribution in [-0.4, -0.2) is 23.3 Å². The van der Waals surface area contributed by atoms with Gasteiger partial charge in [-0.2, -0.15) is 0 Å². The molecule has 0 spiro atoms. The van der Waals surface area contributed by atoms with Crippen LogP contribution in [-0.2, 0) is 17.8 Å². The predicted molar refractivity (Wildman–Crippen MR) is 65.4 cm³/mol. The van der Waals surface area contributed by atoms with E-state index in [9.17, 15) is 0 Å². The highest BCUT2D eigenvalue weighted by Gasteiger charge is 2.15. The molecule has 0 radical (unpaired) electrons. The molecule has 1 N–H and O–H groups in total. The van der Waals surface area contributed by atoms with Crippen molar-refractivity contribution in [1.29, 1.82) is 0 Å². The molecule has 1 aromatic heterocycles. The predicted octanol–water partition coefficient (Wildman–Crippen LogP) is 2.17. The van der Waals surface area contributed by atoms with Gasteiger partial charge in [-0.3, -0.25) is 0 Å².